The molecule has 0 atom stereocenters. The lowest BCUT2D eigenvalue weighted by Gasteiger charge is -2.13. The fourth-order valence-corrected chi connectivity index (χ4v) is 2.12. The number of hydrogen-bond donors (Lipinski definition) is 0. The molecule has 0 radical (unpaired) electrons. The monoisotopic (exact) mass is 200 g/mol. The van der Waals surface area contributed by atoms with Gasteiger partial charge in [-0.2, -0.15) is 0 Å². The minimum absolute atomic E-state index is 0.801. The van der Waals surface area contributed by atoms with Gasteiger partial charge in [-0.15, -0.1) is 0 Å². The van der Waals surface area contributed by atoms with Gasteiger partial charge in [-0.25, -0.2) is 0 Å². The minimum atomic E-state index is 0.801. The first-order chi connectivity index (χ1) is 7.40. The molecule has 15 heavy (non-hydrogen) atoms. The maximum absolute atomic E-state index is 10.8. The molecule has 0 spiro atoms. The molecule has 0 saturated heterocycles. The summed E-state index contributed by atoms with van der Waals surface area (Å²) >= 11 is 0. The predicted octanol–water partition coefficient (Wildman–Crippen LogP) is 3.85. The molecule has 1 nitrogen and oxygen atoms in total. The van der Waals surface area contributed by atoms with E-state index in [2.05, 4.69) is 6.08 Å². The summed E-state index contributed by atoms with van der Waals surface area (Å²) in [5, 5.41) is 0. The quantitative estimate of drug-likeness (QED) is 0.663. The largest absolute Gasteiger partial charge is 0.298 e. The van der Waals surface area contributed by atoms with Crippen LogP contribution in [0.15, 0.2) is 29.8 Å². The molecule has 1 aliphatic rings. The van der Waals surface area contributed by atoms with Crippen LogP contribution >= 0.6 is 0 Å². The molecule has 1 aromatic rings. The Morgan fingerprint density at radius 1 is 0.933 bits per heavy atom. The van der Waals surface area contributed by atoms with Crippen LogP contribution in [-0.4, -0.2) is 6.29 Å². The molecule has 2 rings (SSSR count). The first kappa shape index (κ1) is 10.2. The second-order valence-corrected chi connectivity index (χ2v) is 4.11. The maximum Gasteiger partial charge on any atom is 0.150 e. The number of benzene rings is 1. The lowest BCUT2D eigenvalue weighted by Crippen LogP contribution is -1.94. The van der Waals surface area contributed by atoms with E-state index in [0.717, 1.165) is 17.4 Å². The molecule has 1 aliphatic carbocycles. The summed E-state index contributed by atoms with van der Waals surface area (Å²) in [4.78, 5) is 10.8. The van der Waals surface area contributed by atoms with Crippen molar-refractivity contribution in [1.29, 1.82) is 0 Å². The van der Waals surface area contributed by atoms with Crippen LogP contribution < -0.4 is 0 Å². The van der Waals surface area contributed by atoms with Crippen LogP contribution in [0.3, 0.4) is 0 Å². The highest BCUT2D eigenvalue weighted by molar-refractivity contribution is 5.82. The van der Waals surface area contributed by atoms with Gasteiger partial charge in [-0.05, 0) is 31.2 Å². The van der Waals surface area contributed by atoms with Crippen LogP contribution in [0.4, 0.5) is 0 Å². The Morgan fingerprint density at radius 3 is 2.27 bits per heavy atom. The van der Waals surface area contributed by atoms with Gasteiger partial charge in [0.1, 0.15) is 0 Å². The summed E-state index contributed by atoms with van der Waals surface area (Å²) in [6, 6.07) is 7.79. The molecule has 0 bridgehead atoms. The van der Waals surface area contributed by atoms with Crippen molar-refractivity contribution in [3.63, 3.8) is 0 Å². The zero-order valence-electron chi connectivity index (χ0n) is 8.91. The van der Waals surface area contributed by atoms with Gasteiger partial charge in [0, 0.05) is 5.56 Å². The number of allylic oxidation sites excluding steroid dienone is 1. The van der Waals surface area contributed by atoms with Crippen molar-refractivity contribution in [3.05, 3.63) is 41.0 Å². The molecule has 1 saturated carbocycles. The van der Waals surface area contributed by atoms with Crippen molar-refractivity contribution in [2.45, 2.75) is 32.1 Å². The van der Waals surface area contributed by atoms with Gasteiger partial charge in [0.05, 0.1) is 0 Å². The fraction of sp³-hybridized carbons (Fsp3) is 0.357. The molecule has 1 aromatic carbocycles. The Kier molecular flexibility index (Phi) is 3.33. The van der Waals surface area contributed by atoms with Crippen molar-refractivity contribution >= 4 is 12.4 Å². The Bertz CT molecular complexity index is 369. The third-order valence-corrected chi connectivity index (χ3v) is 2.98. The summed E-state index contributed by atoms with van der Waals surface area (Å²) in [5.74, 6) is 0. The molecule has 0 aromatic heterocycles. The van der Waals surface area contributed by atoms with Crippen LogP contribution in [0, 0.1) is 0 Å². The van der Waals surface area contributed by atoms with Gasteiger partial charge in [0.2, 0.25) is 0 Å². The number of carbonyl (C=O) groups excluding carboxylic acids is 1. The van der Waals surface area contributed by atoms with Crippen LogP contribution in [0.1, 0.15) is 48.0 Å². The topological polar surface area (TPSA) is 17.1 Å². The average molecular weight is 200 g/mol. The van der Waals surface area contributed by atoms with Gasteiger partial charge < -0.3 is 0 Å². The van der Waals surface area contributed by atoms with Gasteiger partial charge >= 0.3 is 0 Å². The standard InChI is InChI=1S/C14H16O/c15-11-14-9-5-4-8-13(14)10-12-6-2-1-3-7-12/h4-5,8-11H,1-3,6-7H2. The second-order valence-electron chi connectivity index (χ2n) is 4.11. The van der Waals surface area contributed by atoms with Crippen LogP contribution in [-0.2, 0) is 0 Å². The molecule has 0 unspecified atom stereocenters. The summed E-state index contributed by atoms with van der Waals surface area (Å²) in [6.45, 7) is 0. The van der Waals surface area contributed by atoms with E-state index in [1.165, 1.54) is 37.7 Å². The second kappa shape index (κ2) is 4.92. The van der Waals surface area contributed by atoms with Crippen molar-refractivity contribution in [3.8, 4) is 0 Å². The van der Waals surface area contributed by atoms with Gasteiger partial charge in [0.15, 0.2) is 6.29 Å². The zero-order chi connectivity index (χ0) is 10.5. The number of hydrogen-bond acceptors (Lipinski definition) is 1. The van der Waals surface area contributed by atoms with E-state index in [4.69, 9.17) is 0 Å². The molecular weight excluding hydrogens is 184 g/mol. The highest BCUT2D eigenvalue weighted by Crippen LogP contribution is 2.25. The summed E-state index contributed by atoms with van der Waals surface area (Å²) < 4.78 is 0. The summed E-state index contributed by atoms with van der Waals surface area (Å²) in [7, 11) is 0. The average Bonchev–Trinajstić information content (AvgIpc) is 2.31. The highest BCUT2D eigenvalue weighted by Gasteiger charge is 2.06. The van der Waals surface area contributed by atoms with E-state index in [9.17, 15) is 4.79 Å². The predicted molar refractivity (Wildman–Crippen MR) is 62.9 cm³/mol. The van der Waals surface area contributed by atoms with Crippen LogP contribution in [0.5, 0.6) is 0 Å². The molecular formula is C14H16O. The lowest BCUT2D eigenvalue weighted by atomic mass is 9.92. The molecule has 1 heteroatoms. The summed E-state index contributed by atoms with van der Waals surface area (Å²) in [6.07, 6.45) is 9.50. The van der Waals surface area contributed by atoms with Crippen LogP contribution in [0.25, 0.3) is 6.08 Å². The highest BCUT2D eigenvalue weighted by atomic mass is 16.1. The third kappa shape index (κ3) is 2.56. The van der Waals surface area contributed by atoms with Crippen molar-refractivity contribution in [2.24, 2.45) is 0 Å². The normalized spacial score (nSPS) is 16.1. The first-order valence-corrected chi connectivity index (χ1v) is 5.64. The Hall–Kier alpha value is -1.37. The number of aldehydes is 1. The van der Waals surface area contributed by atoms with Crippen LogP contribution in [0.2, 0.25) is 0 Å². The first-order valence-electron chi connectivity index (χ1n) is 5.64. The molecule has 0 amide bonds. The molecule has 0 heterocycles. The smallest absolute Gasteiger partial charge is 0.150 e. The van der Waals surface area contributed by atoms with Gasteiger partial charge in [-0.1, -0.05) is 42.3 Å². The van der Waals surface area contributed by atoms with Gasteiger partial charge in [-0.3, -0.25) is 4.79 Å². The van der Waals surface area contributed by atoms with Gasteiger partial charge in [0.25, 0.3) is 0 Å². The van der Waals surface area contributed by atoms with E-state index >= 15 is 0 Å². The van der Waals surface area contributed by atoms with Crippen molar-refractivity contribution in [1.82, 2.24) is 0 Å². The van der Waals surface area contributed by atoms with E-state index in [-0.39, 0.29) is 0 Å². The van der Waals surface area contributed by atoms with Crippen molar-refractivity contribution in [2.75, 3.05) is 0 Å². The fourth-order valence-electron chi connectivity index (χ4n) is 2.12. The minimum Gasteiger partial charge on any atom is -0.298 e. The number of carbonyl (C=O) groups is 1. The van der Waals surface area contributed by atoms with E-state index in [1.54, 1.807) is 0 Å². The third-order valence-electron chi connectivity index (χ3n) is 2.98. The van der Waals surface area contributed by atoms with E-state index in [1.807, 2.05) is 24.3 Å². The molecule has 0 aliphatic heterocycles. The Morgan fingerprint density at radius 2 is 1.60 bits per heavy atom. The van der Waals surface area contributed by atoms with E-state index in [0.29, 0.717) is 0 Å². The molecule has 0 N–H and O–H groups in total. The van der Waals surface area contributed by atoms with Crippen molar-refractivity contribution < 1.29 is 4.79 Å². The summed E-state index contributed by atoms with van der Waals surface area (Å²) in [5.41, 5.74) is 3.37. The molecule has 1 fully saturated rings. The maximum atomic E-state index is 10.8. The zero-order valence-corrected chi connectivity index (χ0v) is 8.91. The SMILES string of the molecule is O=Cc1ccccc1C=C1CCCCC1. The Balaban J connectivity index is 2.25. The Labute approximate surface area is 90.8 Å². The lowest BCUT2D eigenvalue weighted by molar-refractivity contribution is 0.112. The number of rotatable bonds is 2. The van der Waals surface area contributed by atoms with E-state index < -0.39 is 0 Å². The molecule has 78 valence electrons.